The molecule has 2 unspecified atom stereocenters. The molecule has 18 heavy (non-hydrogen) atoms. The second-order valence-corrected chi connectivity index (χ2v) is 4.98. The van der Waals surface area contributed by atoms with E-state index < -0.39 is 0 Å². The summed E-state index contributed by atoms with van der Waals surface area (Å²) in [5.74, 6) is 0.592. The summed E-state index contributed by atoms with van der Waals surface area (Å²) in [5, 5.41) is 11.9. The number of nitrogens with zero attached hydrogens (tertiary/aromatic N) is 1. The van der Waals surface area contributed by atoms with Crippen molar-refractivity contribution in [2.75, 3.05) is 40.0 Å². The van der Waals surface area contributed by atoms with E-state index in [2.05, 4.69) is 10.2 Å². The lowest BCUT2D eigenvalue weighted by molar-refractivity contribution is -0.126. The third-order valence-electron chi connectivity index (χ3n) is 3.62. The average molecular weight is 258 g/mol. The van der Waals surface area contributed by atoms with Crippen molar-refractivity contribution in [3.63, 3.8) is 0 Å². The number of ether oxygens (including phenoxy) is 1. The minimum absolute atomic E-state index is 0.0664. The van der Waals surface area contributed by atoms with E-state index in [1.165, 1.54) is 0 Å². The van der Waals surface area contributed by atoms with Crippen molar-refractivity contribution in [3.8, 4) is 0 Å². The predicted octanol–water partition coefficient (Wildman–Crippen LogP) is 0.232. The highest BCUT2D eigenvalue weighted by molar-refractivity contribution is 5.81. The van der Waals surface area contributed by atoms with Crippen LogP contribution in [0.15, 0.2) is 0 Å². The number of amides is 1. The molecule has 0 radical (unpaired) electrons. The fourth-order valence-electron chi connectivity index (χ4n) is 2.46. The number of piperidine rings is 1. The van der Waals surface area contributed by atoms with Crippen molar-refractivity contribution in [2.45, 2.75) is 32.2 Å². The van der Waals surface area contributed by atoms with Gasteiger partial charge in [0.25, 0.3) is 0 Å². The van der Waals surface area contributed by atoms with Gasteiger partial charge in [-0.05, 0) is 38.6 Å². The largest absolute Gasteiger partial charge is 0.396 e. The number of nitrogens with one attached hydrogen (secondary N) is 1. The maximum Gasteiger partial charge on any atom is 0.237 e. The summed E-state index contributed by atoms with van der Waals surface area (Å²) in [5.41, 5.74) is 0. The van der Waals surface area contributed by atoms with E-state index >= 15 is 0 Å². The molecule has 1 amide bonds. The molecule has 2 atom stereocenters. The van der Waals surface area contributed by atoms with Crippen LogP contribution in [0.3, 0.4) is 0 Å². The minimum Gasteiger partial charge on any atom is -0.396 e. The summed E-state index contributed by atoms with van der Waals surface area (Å²) in [6.07, 6.45) is 3.12. The molecule has 0 spiro atoms. The van der Waals surface area contributed by atoms with E-state index in [1.54, 1.807) is 7.11 Å². The van der Waals surface area contributed by atoms with Crippen LogP contribution in [0.25, 0.3) is 0 Å². The van der Waals surface area contributed by atoms with Crippen molar-refractivity contribution in [1.29, 1.82) is 0 Å². The SMILES string of the molecule is COCCNC(=O)C(C)N1CCCC(CCO)C1. The molecule has 0 aromatic rings. The first-order valence-corrected chi connectivity index (χ1v) is 6.80. The molecule has 1 saturated heterocycles. The lowest BCUT2D eigenvalue weighted by atomic mass is 9.94. The van der Waals surface area contributed by atoms with Crippen molar-refractivity contribution in [1.82, 2.24) is 10.2 Å². The molecule has 0 aromatic heterocycles. The van der Waals surface area contributed by atoms with Crippen LogP contribution < -0.4 is 5.32 Å². The van der Waals surface area contributed by atoms with E-state index in [9.17, 15) is 4.79 Å². The number of aliphatic hydroxyl groups excluding tert-OH is 1. The molecule has 5 heteroatoms. The Kier molecular flexibility index (Phi) is 7.23. The highest BCUT2D eigenvalue weighted by Gasteiger charge is 2.26. The quantitative estimate of drug-likeness (QED) is 0.642. The number of carbonyl (C=O) groups excluding carboxylic acids is 1. The maximum atomic E-state index is 11.9. The molecule has 0 saturated carbocycles. The predicted molar refractivity (Wildman–Crippen MR) is 70.3 cm³/mol. The van der Waals surface area contributed by atoms with Crippen molar-refractivity contribution in [2.24, 2.45) is 5.92 Å². The second-order valence-electron chi connectivity index (χ2n) is 4.98. The van der Waals surface area contributed by atoms with E-state index in [0.717, 1.165) is 32.4 Å². The number of carbonyl (C=O) groups is 1. The van der Waals surface area contributed by atoms with Gasteiger partial charge in [0.05, 0.1) is 12.6 Å². The van der Waals surface area contributed by atoms with Gasteiger partial charge in [-0.2, -0.15) is 0 Å². The zero-order valence-corrected chi connectivity index (χ0v) is 11.5. The van der Waals surface area contributed by atoms with Gasteiger partial charge < -0.3 is 15.2 Å². The highest BCUT2D eigenvalue weighted by Crippen LogP contribution is 2.20. The Hall–Kier alpha value is -0.650. The number of hydrogen-bond donors (Lipinski definition) is 2. The van der Waals surface area contributed by atoms with Gasteiger partial charge in [-0.15, -0.1) is 0 Å². The first-order chi connectivity index (χ1) is 8.69. The Morgan fingerprint density at radius 2 is 2.39 bits per heavy atom. The summed E-state index contributed by atoms with van der Waals surface area (Å²) in [6.45, 7) is 5.19. The molecule has 1 heterocycles. The molecule has 0 aromatic carbocycles. The average Bonchev–Trinajstić information content (AvgIpc) is 2.39. The Morgan fingerprint density at radius 1 is 1.61 bits per heavy atom. The number of hydrogen-bond acceptors (Lipinski definition) is 4. The zero-order chi connectivity index (χ0) is 13.4. The maximum absolute atomic E-state index is 11.9. The molecular formula is C13H26N2O3. The Morgan fingerprint density at radius 3 is 3.06 bits per heavy atom. The first kappa shape index (κ1) is 15.4. The zero-order valence-electron chi connectivity index (χ0n) is 11.5. The van der Waals surface area contributed by atoms with Gasteiger partial charge in [-0.25, -0.2) is 0 Å². The van der Waals surface area contributed by atoms with E-state index in [0.29, 0.717) is 19.1 Å². The van der Waals surface area contributed by atoms with Gasteiger partial charge in [0.1, 0.15) is 0 Å². The minimum atomic E-state index is -0.0941. The van der Waals surface area contributed by atoms with E-state index in [1.807, 2.05) is 6.92 Å². The van der Waals surface area contributed by atoms with Crippen LogP contribution in [0.5, 0.6) is 0 Å². The summed E-state index contributed by atoms with van der Waals surface area (Å²) < 4.78 is 4.91. The van der Waals surface area contributed by atoms with Crippen molar-refractivity contribution < 1.29 is 14.6 Å². The van der Waals surface area contributed by atoms with Crippen LogP contribution >= 0.6 is 0 Å². The normalized spacial score (nSPS) is 22.7. The molecule has 1 fully saturated rings. The molecular weight excluding hydrogens is 232 g/mol. The smallest absolute Gasteiger partial charge is 0.237 e. The Labute approximate surface area is 109 Å². The first-order valence-electron chi connectivity index (χ1n) is 6.80. The summed E-state index contributed by atoms with van der Waals surface area (Å²) in [4.78, 5) is 14.1. The van der Waals surface area contributed by atoms with Crippen LogP contribution in [0.2, 0.25) is 0 Å². The summed E-state index contributed by atoms with van der Waals surface area (Å²) in [6, 6.07) is -0.0941. The fourth-order valence-corrected chi connectivity index (χ4v) is 2.46. The lowest BCUT2D eigenvalue weighted by Gasteiger charge is -2.36. The Balaban J connectivity index is 2.35. The van der Waals surface area contributed by atoms with Crippen molar-refractivity contribution in [3.05, 3.63) is 0 Å². The highest BCUT2D eigenvalue weighted by atomic mass is 16.5. The number of likely N-dealkylation sites (tertiary alicyclic amines) is 1. The second kappa shape index (κ2) is 8.45. The van der Waals surface area contributed by atoms with Crippen LogP contribution in [-0.2, 0) is 9.53 Å². The van der Waals surface area contributed by atoms with Gasteiger partial charge in [-0.1, -0.05) is 0 Å². The molecule has 1 aliphatic rings. The topological polar surface area (TPSA) is 61.8 Å². The standard InChI is InChI=1S/C13H26N2O3/c1-11(13(17)14-6-9-18-2)15-7-3-4-12(10-15)5-8-16/h11-12,16H,3-10H2,1-2H3,(H,14,17). The molecule has 0 aliphatic carbocycles. The Bertz CT molecular complexity index is 246. The van der Waals surface area contributed by atoms with Gasteiger partial charge in [0.2, 0.25) is 5.91 Å². The van der Waals surface area contributed by atoms with E-state index in [4.69, 9.17) is 9.84 Å². The summed E-state index contributed by atoms with van der Waals surface area (Å²) >= 11 is 0. The van der Waals surface area contributed by atoms with Gasteiger partial charge >= 0.3 is 0 Å². The van der Waals surface area contributed by atoms with Crippen LogP contribution in [0, 0.1) is 5.92 Å². The van der Waals surface area contributed by atoms with Crippen LogP contribution in [0.4, 0.5) is 0 Å². The lowest BCUT2D eigenvalue weighted by Crippen LogP contribution is -2.49. The monoisotopic (exact) mass is 258 g/mol. The molecule has 106 valence electrons. The fraction of sp³-hybridized carbons (Fsp3) is 0.923. The van der Waals surface area contributed by atoms with Crippen LogP contribution in [-0.4, -0.2) is 61.9 Å². The van der Waals surface area contributed by atoms with Crippen LogP contribution in [0.1, 0.15) is 26.2 Å². The summed E-state index contributed by atoms with van der Waals surface area (Å²) in [7, 11) is 1.62. The van der Waals surface area contributed by atoms with Crippen molar-refractivity contribution >= 4 is 5.91 Å². The molecule has 1 rings (SSSR count). The van der Waals surface area contributed by atoms with Gasteiger partial charge in [0.15, 0.2) is 0 Å². The number of methoxy groups -OCH3 is 1. The number of rotatable bonds is 7. The third-order valence-corrected chi connectivity index (χ3v) is 3.62. The van der Waals surface area contributed by atoms with E-state index in [-0.39, 0.29) is 18.6 Å². The molecule has 1 aliphatic heterocycles. The number of aliphatic hydroxyl groups is 1. The molecule has 5 nitrogen and oxygen atoms in total. The third kappa shape index (κ3) is 4.92. The molecule has 0 bridgehead atoms. The van der Waals surface area contributed by atoms with Gasteiger partial charge in [-0.3, -0.25) is 9.69 Å². The molecule has 2 N–H and O–H groups in total. The van der Waals surface area contributed by atoms with Gasteiger partial charge in [0, 0.05) is 26.8 Å².